The first-order valence-electron chi connectivity index (χ1n) is 7.20. The van der Waals surface area contributed by atoms with Crippen LogP contribution in [0.2, 0.25) is 0 Å². The van der Waals surface area contributed by atoms with Crippen LogP contribution < -0.4 is 4.46 Å². The molecule has 1 amide bonds. The molecule has 2 aromatic rings. The Morgan fingerprint density at radius 2 is 1.64 bits per heavy atom. The Hall–Kier alpha value is -2.09. The quantitative estimate of drug-likeness (QED) is 0.774. The number of nitrogens with zero attached hydrogens (tertiary/aromatic N) is 1. The van der Waals surface area contributed by atoms with Gasteiger partial charge in [-0.15, -0.1) is 0 Å². The average Bonchev–Trinajstić information content (AvgIpc) is 2.83. The maximum absolute atomic E-state index is 12.4. The molecule has 110 valence electrons. The summed E-state index contributed by atoms with van der Waals surface area (Å²) in [5, 5.41) is 0. The van der Waals surface area contributed by atoms with Crippen molar-refractivity contribution in [3.63, 3.8) is 0 Å². The molecule has 0 N–H and O–H groups in total. The van der Waals surface area contributed by atoms with Crippen molar-refractivity contribution >= 4 is 25.3 Å². The van der Waals surface area contributed by atoms with Gasteiger partial charge in [-0.25, -0.2) is 0 Å². The van der Waals surface area contributed by atoms with Gasteiger partial charge in [-0.05, 0) is 0 Å². The molecule has 0 atom stereocenters. The van der Waals surface area contributed by atoms with Gasteiger partial charge in [-0.2, -0.15) is 0 Å². The molecule has 1 heterocycles. The van der Waals surface area contributed by atoms with Gasteiger partial charge in [-0.1, -0.05) is 0 Å². The Morgan fingerprint density at radius 3 is 2.32 bits per heavy atom. The summed E-state index contributed by atoms with van der Waals surface area (Å²) in [4.78, 5) is 16.4. The van der Waals surface area contributed by atoms with Gasteiger partial charge >= 0.3 is 137 Å². The molecule has 0 unspecified atom stereocenters. The van der Waals surface area contributed by atoms with Gasteiger partial charge in [0, 0.05) is 0 Å². The van der Waals surface area contributed by atoms with Crippen molar-refractivity contribution in [1.82, 2.24) is 4.90 Å². The molecule has 0 radical (unpaired) electrons. The van der Waals surface area contributed by atoms with E-state index in [0.29, 0.717) is 6.54 Å². The van der Waals surface area contributed by atoms with Crippen molar-refractivity contribution in [2.24, 2.45) is 0 Å². The van der Waals surface area contributed by atoms with E-state index in [1.165, 1.54) is 4.46 Å². The SMILES string of the molecule is CC1=C/C(=C/[Se]c2ccccc2)N(Cc2ccccc2)C1=O. The molecule has 3 heteroatoms. The normalized spacial score (nSPS) is 16.2. The molecule has 3 rings (SSSR count). The Kier molecular flexibility index (Phi) is 4.57. The van der Waals surface area contributed by atoms with Crippen molar-refractivity contribution < 1.29 is 4.79 Å². The molecule has 2 aromatic carbocycles. The number of carbonyl (C=O) groups excluding carboxylic acids is 1. The fraction of sp³-hybridized carbons (Fsp3) is 0.105. The molecule has 0 bridgehead atoms. The zero-order valence-corrected chi connectivity index (χ0v) is 14.1. The van der Waals surface area contributed by atoms with Crippen LogP contribution in [-0.4, -0.2) is 25.8 Å². The number of hydrogen-bond acceptors (Lipinski definition) is 1. The second-order valence-corrected chi connectivity index (χ2v) is 7.16. The molecule has 1 aliphatic rings. The van der Waals surface area contributed by atoms with Crippen LogP contribution in [0, 0.1) is 0 Å². The van der Waals surface area contributed by atoms with Crippen molar-refractivity contribution in [2.75, 3.05) is 0 Å². The van der Waals surface area contributed by atoms with Gasteiger partial charge in [0.25, 0.3) is 0 Å². The van der Waals surface area contributed by atoms with Crippen LogP contribution in [0.15, 0.2) is 83.0 Å². The third kappa shape index (κ3) is 3.38. The van der Waals surface area contributed by atoms with E-state index in [9.17, 15) is 4.79 Å². The van der Waals surface area contributed by atoms with Gasteiger partial charge in [-0.3, -0.25) is 0 Å². The summed E-state index contributed by atoms with van der Waals surface area (Å²) in [6.45, 7) is 2.51. The van der Waals surface area contributed by atoms with Crippen LogP contribution in [0.5, 0.6) is 0 Å². The number of hydrogen-bond donors (Lipinski definition) is 0. The second-order valence-electron chi connectivity index (χ2n) is 5.18. The third-order valence-electron chi connectivity index (χ3n) is 3.50. The minimum atomic E-state index is 0.110. The van der Waals surface area contributed by atoms with E-state index in [4.69, 9.17) is 0 Å². The predicted octanol–water partition coefficient (Wildman–Crippen LogP) is 2.85. The van der Waals surface area contributed by atoms with Crippen LogP contribution in [0.4, 0.5) is 0 Å². The van der Waals surface area contributed by atoms with E-state index in [1.807, 2.05) is 42.2 Å². The molecule has 0 aromatic heterocycles. The molecule has 0 saturated carbocycles. The average molecular weight is 354 g/mol. The molecule has 22 heavy (non-hydrogen) atoms. The number of rotatable bonds is 4. The predicted molar refractivity (Wildman–Crippen MR) is 90.7 cm³/mol. The van der Waals surface area contributed by atoms with Crippen LogP contribution >= 0.6 is 0 Å². The van der Waals surface area contributed by atoms with E-state index in [2.05, 4.69) is 41.4 Å². The topological polar surface area (TPSA) is 20.3 Å². The molecule has 0 fully saturated rings. The zero-order valence-electron chi connectivity index (χ0n) is 12.4. The van der Waals surface area contributed by atoms with Crippen molar-refractivity contribution in [3.8, 4) is 0 Å². The molecule has 2 nitrogen and oxygen atoms in total. The Bertz CT molecular complexity index is 720. The molecule has 0 spiro atoms. The second kappa shape index (κ2) is 6.78. The summed E-state index contributed by atoms with van der Waals surface area (Å²) in [5.74, 6) is 0.110. The summed E-state index contributed by atoms with van der Waals surface area (Å²) >= 11 is 0.229. The van der Waals surface area contributed by atoms with Gasteiger partial charge in [0.05, 0.1) is 0 Å². The molecular weight excluding hydrogens is 337 g/mol. The van der Waals surface area contributed by atoms with Crippen molar-refractivity contribution in [2.45, 2.75) is 13.5 Å². The number of amides is 1. The van der Waals surface area contributed by atoms with E-state index in [-0.39, 0.29) is 20.9 Å². The van der Waals surface area contributed by atoms with Gasteiger partial charge in [0.15, 0.2) is 0 Å². The molecule has 0 saturated heterocycles. The zero-order chi connectivity index (χ0) is 15.4. The van der Waals surface area contributed by atoms with Gasteiger partial charge in [0.2, 0.25) is 0 Å². The summed E-state index contributed by atoms with van der Waals surface area (Å²) < 4.78 is 1.31. The number of benzene rings is 2. The summed E-state index contributed by atoms with van der Waals surface area (Å²) in [6.07, 6.45) is 2.00. The molecule has 0 aliphatic carbocycles. The van der Waals surface area contributed by atoms with Crippen LogP contribution in [-0.2, 0) is 11.3 Å². The van der Waals surface area contributed by atoms with Gasteiger partial charge in [0.1, 0.15) is 0 Å². The first-order chi connectivity index (χ1) is 10.7. The van der Waals surface area contributed by atoms with Crippen LogP contribution in [0.1, 0.15) is 12.5 Å². The Morgan fingerprint density at radius 1 is 1.00 bits per heavy atom. The Labute approximate surface area is 137 Å². The van der Waals surface area contributed by atoms with Crippen molar-refractivity contribution in [3.05, 3.63) is 88.5 Å². The van der Waals surface area contributed by atoms with Crippen LogP contribution in [0.3, 0.4) is 0 Å². The van der Waals surface area contributed by atoms with E-state index < -0.39 is 0 Å². The maximum atomic E-state index is 12.4. The van der Waals surface area contributed by atoms with E-state index in [1.54, 1.807) is 0 Å². The standard InChI is InChI=1S/C19H17NOSe/c1-15-12-17(14-22-18-10-6-3-7-11-18)20(19(15)21)13-16-8-4-2-5-9-16/h2-12,14H,13H2,1H3/b17-14-. The number of allylic oxidation sites excluding steroid dienone is 1. The van der Waals surface area contributed by atoms with Crippen molar-refractivity contribution in [1.29, 1.82) is 0 Å². The number of carbonyl (C=O) groups is 1. The third-order valence-corrected chi connectivity index (χ3v) is 5.40. The first-order valence-corrected chi connectivity index (χ1v) is 9.04. The summed E-state index contributed by atoms with van der Waals surface area (Å²) in [7, 11) is 0. The van der Waals surface area contributed by atoms with Gasteiger partial charge < -0.3 is 0 Å². The Balaban J connectivity index is 1.80. The molecule has 1 aliphatic heterocycles. The fourth-order valence-corrected chi connectivity index (χ4v) is 3.95. The first kappa shape index (κ1) is 14.8. The summed E-state index contributed by atoms with van der Waals surface area (Å²) in [6, 6.07) is 20.5. The van der Waals surface area contributed by atoms with E-state index in [0.717, 1.165) is 16.8 Å². The minimum absolute atomic E-state index is 0.110. The summed E-state index contributed by atoms with van der Waals surface area (Å²) in [5.41, 5.74) is 2.98. The van der Waals surface area contributed by atoms with Crippen LogP contribution in [0.25, 0.3) is 0 Å². The monoisotopic (exact) mass is 355 g/mol. The molecular formula is C19H17NOSe. The van der Waals surface area contributed by atoms with E-state index >= 15 is 0 Å². The fourth-order valence-electron chi connectivity index (χ4n) is 2.35.